The van der Waals surface area contributed by atoms with Crippen molar-refractivity contribution in [1.82, 2.24) is 5.32 Å². The number of hydrogen-bond donors (Lipinski definition) is 3. The molecule has 0 spiro atoms. The maximum atomic E-state index is 12.5. The van der Waals surface area contributed by atoms with E-state index in [4.69, 9.17) is 4.74 Å². The topological polar surface area (TPSA) is 71.9 Å². The van der Waals surface area contributed by atoms with Crippen LogP contribution in [0.1, 0.15) is 40.0 Å². The zero-order valence-electron chi connectivity index (χ0n) is 17.0. The summed E-state index contributed by atoms with van der Waals surface area (Å²) in [7, 11) is 1.59. The van der Waals surface area contributed by atoms with E-state index in [1.807, 2.05) is 25.1 Å². The molecule has 1 aromatic carbocycles. The van der Waals surface area contributed by atoms with Gasteiger partial charge in [0.1, 0.15) is 5.75 Å². The summed E-state index contributed by atoms with van der Waals surface area (Å²) in [5.74, 6) is 1.78. The molecule has 1 aliphatic rings. The van der Waals surface area contributed by atoms with E-state index in [2.05, 4.69) is 24.5 Å². The summed E-state index contributed by atoms with van der Waals surface area (Å²) in [5.41, 5.74) is 0.698. The van der Waals surface area contributed by atoms with Crippen LogP contribution in [0.2, 0.25) is 0 Å². The number of ether oxygens (including phenoxy) is 1. The molecule has 1 saturated carbocycles. The lowest BCUT2D eigenvalue weighted by Crippen LogP contribution is -3.14. The molecule has 0 saturated heterocycles. The summed E-state index contributed by atoms with van der Waals surface area (Å²) < 4.78 is 5.17. The second-order valence-corrected chi connectivity index (χ2v) is 7.68. The summed E-state index contributed by atoms with van der Waals surface area (Å²) in [6, 6.07) is 7.52. The van der Waals surface area contributed by atoms with Crippen LogP contribution < -0.4 is 20.3 Å². The molecule has 1 aliphatic carbocycles. The van der Waals surface area contributed by atoms with Crippen molar-refractivity contribution in [2.75, 3.05) is 32.1 Å². The van der Waals surface area contributed by atoms with Gasteiger partial charge in [0.15, 0.2) is 13.1 Å². The third-order valence-electron chi connectivity index (χ3n) is 5.73. The number of nitrogens with one attached hydrogen (secondary N) is 3. The Morgan fingerprint density at radius 1 is 1.19 bits per heavy atom. The van der Waals surface area contributed by atoms with Gasteiger partial charge in [-0.2, -0.15) is 0 Å². The van der Waals surface area contributed by atoms with E-state index in [0.29, 0.717) is 29.8 Å². The minimum absolute atomic E-state index is 0.0342. The van der Waals surface area contributed by atoms with Crippen molar-refractivity contribution in [3.8, 4) is 5.75 Å². The third kappa shape index (κ3) is 6.54. The highest BCUT2D eigenvalue weighted by Gasteiger charge is 2.29. The SMILES string of the molecule is CC[NH+](CC(=O)Nc1cccc(OC)c1)CC(=O)N[C@H]1CCC[C@H](C)[C@@H]1C. The Kier molecular flexibility index (Phi) is 8.10. The van der Waals surface area contributed by atoms with Crippen LogP contribution in [0.4, 0.5) is 5.69 Å². The van der Waals surface area contributed by atoms with Crippen LogP contribution in [0.15, 0.2) is 24.3 Å². The molecule has 2 rings (SSSR count). The normalized spacial score (nSPS) is 23.3. The fourth-order valence-electron chi connectivity index (χ4n) is 3.72. The second-order valence-electron chi connectivity index (χ2n) is 7.68. The summed E-state index contributed by atoms with van der Waals surface area (Å²) >= 11 is 0. The van der Waals surface area contributed by atoms with Crippen LogP contribution in [0.5, 0.6) is 5.75 Å². The van der Waals surface area contributed by atoms with Gasteiger partial charge in [0.05, 0.1) is 13.7 Å². The first-order valence-corrected chi connectivity index (χ1v) is 9.99. The van der Waals surface area contributed by atoms with Gasteiger partial charge in [-0.1, -0.05) is 32.8 Å². The van der Waals surface area contributed by atoms with Crippen molar-refractivity contribution >= 4 is 17.5 Å². The molecule has 3 N–H and O–H groups in total. The molecular weight excluding hydrogens is 342 g/mol. The Bertz CT molecular complexity index is 635. The van der Waals surface area contributed by atoms with Crippen molar-refractivity contribution in [2.24, 2.45) is 11.8 Å². The van der Waals surface area contributed by atoms with Gasteiger partial charge in [0.25, 0.3) is 11.8 Å². The number of amides is 2. The lowest BCUT2D eigenvalue weighted by Gasteiger charge is -2.34. The fourth-order valence-corrected chi connectivity index (χ4v) is 3.72. The minimum Gasteiger partial charge on any atom is -0.497 e. The Balaban J connectivity index is 1.83. The molecule has 2 amide bonds. The van der Waals surface area contributed by atoms with E-state index in [-0.39, 0.29) is 24.4 Å². The largest absolute Gasteiger partial charge is 0.497 e. The maximum Gasteiger partial charge on any atom is 0.279 e. The van der Waals surface area contributed by atoms with Crippen molar-refractivity contribution in [3.05, 3.63) is 24.3 Å². The summed E-state index contributed by atoms with van der Waals surface area (Å²) in [4.78, 5) is 25.8. The zero-order valence-corrected chi connectivity index (χ0v) is 17.0. The molecule has 6 nitrogen and oxygen atoms in total. The average molecular weight is 377 g/mol. The van der Waals surface area contributed by atoms with E-state index >= 15 is 0 Å². The standard InChI is InChI=1S/C21H33N3O3/c1-5-24(13-20(25)22-17-9-7-10-18(12-17)27-4)14-21(26)23-19-11-6-8-15(2)16(19)3/h7,9-10,12,15-16,19H,5-6,8,11,13-14H2,1-4H3,(H,22,25)(H,23,26)/p+1/t15-,16-,19-/m0/s1. The fraction of sp³-hybridized carbons (Fsp3) is 0.619. The molecular formula is C21H34N3O3+. The highest BCUT2D eigenvalue weighted by Crippen LogP contribution is 2.29. The van der Waals surface area contributed by atoms with Gasteiger partial charge in [0.2, 0.25) is 0 Å². The van der Waals surface area contributed by atoms with Crippen LogP contribution in [-0.4, -0.2) is 44.6 Å². The molecule has 150 valence electrons. The Morgan fingerprint density at radius 2 is 1.93 bits per heavy atom. The van der Waals surface area contributed by atoms with Crippen molar-refractivity contribution in [1.29, 1.82) is 0 Å². The molecule has 6 heteroatoms. The first kappa shape index (κ1) is 21.2. The smallest absolute Gasteiger partial charge is 0.279 e. The molecule has 0 bridgehead atoms. The Hall–Kier alpha value is -2.08. The van der Waals surface area contributed by atoms with E-state index in [1.54, 1.807) is 13.2 Å². The van der Waals surface area contributed by atoms with E-state index in [0.717, 1.165) is 17.9 Å². The summed E-state index contributed by atoms with van der Waals surface area (Å²) in [5, 5.41) is 6.07. The van der Waals surface area contributed by atoms with Crippen molar-refractivity contribution in [3.63, 3.8) is 0 Å². The quantitative estimate of drug-likeness (QED) is 0.644. The van der Waals surface area contributed by atoms with Gasteiger partial charge < -0.3 is 20.3 Å². The number of rotatable bonds is 8. The summed E-state index contributed by atoms with van der Waals surface area (Å²) in [6.45, 7) is 7.77. The van der Waals surface area contributed by atoms with Crippen LogP contribution in [0.3, 0.4) is 0 Å². The van der Waals surface area contributed by atoms with Gasteiger partial charge in [-0.25, -0.2) is 0 Å². The van der Waals surface area contributed by atoms with Crippen LogP contribution in [-0.2, 0) is 9.59 Å². The van der Waals surface area contributed by atoms with Gasteiger partial charge in [0, 0.05) is 17.8 Å². The molecule has 1 unspecified atom stereocenters. The van der Waals surface area contributed by atoms with Gasteiger partial charge in [-0.15, -0.1) is 0 Å². The highest BCUT2D eigenvalue weighted by molar-refractivity contribution is 5.91. The number of quaternary nitrogens is 1. The molecule has 1 aromatic rings. The molecule has 0 heterocycles. The highest BCUT2D eigenvalue weighted by atomic mass is 16.5. The predicted octanol–water partition coefficient (Wildman–Crippen LogP) is 1.48. The molecule has 4 atom stereocenters. The van der Waals surface area contributed by atoms with Gasteiger partial charge in [-0.3, -0.25) is 9.59 Å². The van der Waals surface area contributed by atoms with E-state index < -0.39 is 0 Å². The number of likely N-dealkylation sites (N-methyl/N-ethyl adjacent to an activating group) is 1. The predicted molar refractivity (Wildman–Crippen MR) is 107 cm³/mol. The number of anilines is 1. The maximum absolute atomic E-state index is 12.5. The number of carbonyl (C=O) groups excluding carboxylic acids is 2. The number of carbonyl (C=O) groups is 2. The second kappa shape index (κ2) is 10.3. The van der Waals surface area contributed by atoms with Crippen LogP contribution >= 0.6 is 0 Å². The first-order chi connectivity index (χ1) is 12.9. The van der Waals surface area contributed by atoms with Gasteiger partial charge >= 0.3 is 0 Å². The molecule has 1 fully saturated rings. The zero-order chi connectivity index (χ0) is 19.8. The van der Waals surface area contributed by atoms with Crippen LogP contribution in [0.25, 0.3) is 0 Å². The number of hydrogen-bond acceptors (Lipinski definition) is 3. The number of methoxy groups -OCH3 is 1. The monoisotopic (exact) mass is 376 g/mol. The molecule has 27 heavy (non-hydrogen) atoms. The number of benzene rings is 1. The average Bonchev–Trinajstić information content (AvgIpc) is 2.65. The third-order valence-corrected chi connectivity index (χ3v) is 5.73. The Labute approximate surface area is 162 Å². The lowest BCUT2D eigenvalue weighted by molar-refractivity contribution is -0.881. The molecule has 0 aliphatic heterocycles. The molecule has 0 aromatic heterocycles. The first-order valence-electron chi connectivity index (χ1n) is 9.99. The van der Waals surface area contributed by atoms with E-state index in [9.17, 15) is 9.59 Å². The summed E-state index contributed by atoms with van der Waals surface area (Å²) in [6.07, 6.45) is 3.46. The van der Waals surface area contributed by atoms with Crippen molar-refractivity contribution < 1.29 is 19.2 Å². The Morgan fingerprint density at radius 3 is 2.63 bits per heavy atom. The minimum atomic E-state index is -0.104. The molecule has 0 radical (unpaired) electrons. The lowest BCUT2D eigenvalue weighted by atomic mass is 9.78. The van der Waals surface area contributed by atoms with E-state index in [1.165, 1.54) is 12.8 Å². The van der Waals surface area contributed by atoms with Gasteiger partial charge in [-0.05, 0) is 37.3 Å². The van der Waals surface area contributed by atoms with Crippen molar-refractivity contribution in [2.45, 2.75) is 46.1 Å². The van der Waals surface area contributed by atoms with Crippen LogP contribution in [0, 0.1) is 11.8 Å².